The lowest BCUT2D eigenvalue weighted by Crippen LogP contribution is -2.41. The Kier molecular flexibility index (Phi) is 13.4. The summed E-state index contributed by atoms with van der Waals surface area (Å²) in [6.07, 6.45) is 3.22. The first-order valence-electron chi connectivity index (χ1n) is 17.9. The molecular formula is C42H46N2O8. The second-order valence-corrected chi connectivity index (χ2v) is 13.0. The summed E-state index contributed by atoms with van der Waals surface area (Å²) in [6, 6.07) is 31.7. The molecule has 2 amide bonds. The fraction of sp³-hybridized carbons (Fsp3) is 0.333. The summed E-state index contributed by atoms with van der Waals surface area (Å²) < 4.78 is 10.8. The van der Waals surface area contributed by atoms with E-state index in [0.717, 1.165) is 47.9 Å². The van der Waals surface area contributed by atoms with Crippen LogP contribution in [0, 0.1) is 0 Å². The Morgan fingerprint density at radius 2 is 1.06 bits per heavy atom. The first kappa shape index (κ1) is 37.6. The molecule has 10 heteroatoms. The summed E-state index contributed by atoms with van der Waals surface area (Å²) in [5.41, 5.74) is 9.35. The number of nitrogens with one attached hydrogen (secondary N) is 2. The number of fused-ring (bicyclic) bond motifs is 6. The molecule has 0 saturated carbocycles. The van der Waals surface area contributed by atoms with E-state index < -0.39 is 30.2 Å². The molecule has 4 N–H and O–H groups in total. The van der Waals surface area contributed by atoms with Crippen molar-refractivity contribution >= 4 is 24.1 Å². The van der Waals surface area contributed by atoms with Crippen molar-refractivity contribution < 1.29 is 38.9 Å². The number of amides is 2. The van der Waals surface area contributed by atoms with Gasteiger partial charge in [-0.1, -0.05) is 123 Å². The Hall–Kier alpha value is -5.64. The van der Waals surface area contributed by atoms with E-state index in [9.17, 15) is 24.3 Å². The molecule has 6 rings (SSSR count). The highest BCUT2D eigenvalue weighted by molar-refractivity contribution is 5.81. The molecule has 0 fully saturated rings. The fourth-order valence-corrected chi connectivity index (χ4v) is 6.87. The van der Waals surface area contributed by atoms with Gasteiger partial charge in [0.2, 0.25) is 0 Å². The number of carboxylic acids is 2. The number of hydrogen-bond acceptors (Lipinski definition) is 6. The zero-order valence-electron chi connectivity index (χ0n) is 29.4. The van der Waals surface area contributed by atoms with Crippen molar-refractivity contribution in [2.24, 2.45) is 0 Å². The molecule has 0 aliphatic heterocycles. The Labute approximate surface area is 304 Å². The largest absolute Gasteiger partial charge is 0.481 e. The molecule has 0 bridgehead atoms. The van der Waals surface area contributed by atoms with Crippen molar-refractivity contribution in [2.75, 3.05) is 19.8 Å². The van der Waals surface area contributed by atoms with Crippen LogP contribution in [0.25, 0.3) is 22.3 Å². The predicted molar refractivity (Wildman–Crippen MR) is 198 cm³/mol. The van der Waals surface area contributed by atoms with Gasteiger partial charge in [0.25, 0.3) is 0 Å². The van der Waals surface area contributed by atoms with E-state index in [4.69, 9.17) is 14.6 Å². The Morgan fingerprint density at radius 3 is 1.48 bits per heavy atom. The summed E-state index contributed by atoms with van der Waals surface area (Å²) in [6.45, 7) is 2.96. The van der Waals surface area contributed by atoms with Crippen LogP contribution in [0.4, 0.5) is 9.59 Å². The van der Waals surface area contributed by atoms with Gasteiger partial charge in [-0.25, -0.2) is 14.4 Å². The minimum atomic E-state index is -1.04. The average Bonchev–Trinajstić information content (AvgIpc) is 3.65. The first-order valence-corrected chi connectivity index (χ1v) is 17.9. The molecule has 1 atom stereocenters. The first-order chi connectivity index (χ1) is 25.3. The van der Waals surface area contributed by atoms with Crippen LogP contribution < -0.4 is 10.6 Å². The second-order valence-electron chi connectivity index (χ2n) is 13.0. The Balaban J connectivity index is 0.000000201. The van der Waals surface area contributed by atoms with Gasteiger partial charge < -0.3 is 30.3 Å². The van der Waals surface area contributed by atoms with Crippen molar-refractivity contribution in [1.29, 1.82) is 0 Å². The van der Waals surface area contributed by atoms with Crippen LogP contribution in [0.15, 0.2) is 97.1 Å². The van der Waals surface area contributed by atoms with Crippen LogP contribution in [0.5, 0.6) is 0 Å². The zero-order valence-corrected chi connectivity index (χ0v) is 29.4. The lowest BCUT2D eigenvalue weighted by atomic mass is 9.98. The standard InChI is InChI=1S/2C21H23NO4/c23-20(24)12-2-1-7-13-22-21(25)26-14-19-17-10-5-3-8-15(17)16-9-4-6-11-18(16)19;1-2-3-12-19(20(23)24)22-21(25)26-13-18-16-10-6-4-8-14(16)15-9-5-7-11-17(15)18/h3-6,8-11,19H,1-2,7,12-14H2,(H,22,25)(H,23,24);4-11,18-19H,2-3,12-13H2,1H3,(H,22,25)(H,23,24). The molecule has 4 aromatic rings. The van der Waals surface area contributed by atoms with Gasteiger partial charge >= 0.3 is 24.1 Å². The van der Waals surface area contributed by atoms with E-state index in [1.54, 1.807) is 0 Å². The molecule has 2 aliphatic rings. The van der Waals surface area contributed by atoms with Gasteiger partial charge in [-0.05, 0) is 63.8 Å². The molecule has 2 aliphatic carbocycles. The Bertz CT molecular complexity index is 1770. The number of aliphatic carboxylic acids is 2. The molecule has 272 valence electrons. The molecule has 0 spiro atoms. The van der Waals surface area contributed by atoms with Gasteiger partial charge in [0.1, 0.15) is 19.3 Å². The number of carboxylic acid groups (broad SMARTS) is 2. The average molecular weight is 707 g/mol. The summed E-state index contributed by atoms with van der Waals surface area (Å²) >= 11 is 0. The zero-order chi connectivity index (χ0) is 36.9. The van der Waals surface area contributed by atoms with E-state index in [1.165, 1.54) is 22.3 Å². The van der Waals surface area contributed by atoms with Crippen molar-refractivity contribution in [1.82, 2.24) is 10.6 Å². The number of rotatable bonds is 15. The van der Waals surface area contributed by atoms with Crippen LogP contribution in [0.2, 0.25) is 0 Å². The van der Waals surface area contributed by atoms with Gasteiger partial charge in [-0.2, -0.15) is 0 Å². The molecule has 0 aromatic heterocycles. The summed E-state index contributed by atoms with van der Waals surface area (Å²) in [5.74, 6) is -1.79. The van der Waals surface area contributed by atoms with Gasteiger partial charge in [0, 0.05) is 24.8 Å². The lowest BCUT2D eigenvalue weighted by Gasteiger charge is -2.17. The van der Waals surface area contributed by atoms with E-state index in [0.29, 0.717) is 26.0 Å². The van der Waals surface area contributed by atoms with Gasteiger partial charge in [0.05, 0.1) is 0 Å². The van der Waals surface area contributed by atoms with Gasteiger partial charge in [-0.3, -0.25) is 4.79 Å². The lowest BCUT2D eigenvalue weighted by molar-refractivity contribution is -0.139. The molecule has 4 aromatic carbocycles. The number of alkyl carbamates (subject to hydrolysis) is 2. The SMILES string of the molecule is CCCCC(NC(=O)OCC1c2ccccc2-c2ccccc21)C(=O)O.O=C(O)CCCCCNC(=O)OCC1c2ccccc2-c2ccccc21. The summed E-state index contributed by atoms with van der Waals surface area (Å²) in [4.78, 5) is 45.7. The number of carbonyl (C=O) groups is 4. The minimum absolute atomic E-state index is 0.0351. The number of hydrogen-bond donors (Lipinski definition) is 4. The van der Waals surface area contributed by atoms with Crippen molar-refractivity contribution in [3.63, 3.8) is 0 Å². The molecule has 0 saturated heterocycles. The topological polar surface area (TPSA) is 151 Å². The van der Waals surface area contributed by atoms with Crippen LogP contribution in [0.1, 0.15) is 86.0 Å². The number of benzene rings is 4. The normalized spacial score (nSPS) is 12.9. The minimum Gasteiger partial charge on any atom is -0.481 e. The third-order valence-electron chi connectivity index (χ3n) is 9.46. The number of carbonyl (C=O) groups excluding carboxylic acids is 2. The van der Waals surface area contributed by atoms with Gasteiger partial charge in [0.15, 0.2) is 0 Å². The molecule has 52 heavy (non-hydrogen) atoms. The third kappa shape index (κ3) is 9.57. The maximum Gasteiger partial charge on any atom is 0.407 e. The molecular weight excluding hydrogens is 660 g/mol. The fourth-order valence-electron chi connectivity index (χ4n) is 6.87. The monoisotopic (exact) mass is 706 g/mol. The van der Waals surface area contributed by atoms with Crippen molar-refractivity contribution in [3.05, 3.63) is 119 Å². The summed E-state index contributed by atoms with van der Waals surface area (Å²) in [7, 11) is 0. The maximum atomic E-state index is 12.1. The maximum absolute atomic E-state index is 12.1. The van der Waals surface area contributed by atoms with E-state index >= 15 is 0 Å². The molecule has 10 nitrogen and oxygen atoms in total. The van der Waals surface area contributed by atoms with Crippen molar-refractivity contribution in [3.8, 4) is 22.3 Å². The number of unbranched alkanes of at least 4 members (excludes halogenated alkanes) is 3. The van der Waals surface area contributed by atoms with E-state index in [1.807, 2.05) is 67.6 Å². The van der Waals surface area contributed by atoms with Crippen molar-refractivity contribution in [2.45, 2.75) is 69.7 Å². The van der Waals surface area contributed by atoms with Gasteiger partial charge in [-0.15, -0.1) is 0 Å². The van der Waals surface area contributed by atoms with Crippen LogP contribution in [-0.2, 0) is 19.1 Å². The molecule has 1 unspecified atom stereocenters. The van der Waals surface area contributed by atoms with E-state index in [2.05, 4.69) is 47.0 Å². The predicted octanol–water partition coefficient (Wildman–Crippen LogP) is 8.34. The highest BCUT2D eigenvalue weighted by atomic mass is 16.6. The third-order valence-corrected chi connectivity index (χ3v) is 9.46. The highest BCUT2D eigenvalue weighted by Crippen LogP contribution is 2.45. The van der Waals surface area contributed by atoms with Crippen LogP contribution >= 0.6 is 0 Å². The van der Waals surface area contributed by atoms with E-state index in [-0.39, 0.29) is 24.9 Å². The smallest absolute Gasteiger partial charge is 0.407 e. The van der Waals surface area contributed by atoms with Crippen LogP contribution in [0.3, 0.4) is 0 Å². The van der Waals surface area contributed by atoms with Crippen LogP contribution in [-0.4, -0.2) is 60.1 Å². The number of ether oxygens (including phenoxy) is 2. The molecule has 0 heterocycles. The highest BCUT2D eigenvalue weighted by Gasteiger charge is 2.30. The second kappa shape index (κ2) is 18.6. The summed E-state index contributed by atoms with van der Waals surface area (Å²) in [5, 5.41) is 23.0. The molecule has 0 radical (unpaired) electrons. The quantitative estimate of drug-likeness (QED) is 0.0901. The Morgan fingerprint density at radius 1 is 0.615 bits per heavy atom.